The molecule has 1 heterocycles. The zero-order valence-corrected chi connectivity index (χ0v) is 14.9. The Bertz CT molecular complexity index is 495. The fraction of sp³-hybridized carbons (Fsp3) is 0.611. The van der Waals surface area contributed by atoms with Gasteiger partial charge in [0.1, 0.15) is 11.1 Å². The van der Waals surface area contributed by atoms with Crippen LogP contribution in [0.15, 0.2) is 24.3 Å². The zero-order chi connectivity index (χ0) is 16.5. The molecule has 0 radical (unpaired) electrons. The van der Waals surface area contributed by atoms with E-state index in [1.807, 2.05) is 30.0 Å². The Labute approximate surface area is 143 Å². The van der Waals surface area contributed by atoms with Crippen LogP contribution < -0.4 is 4.74 Å². The number of thioether (sulfide) groups is 1. The van der Waals surface area contributed by atoms with E-state index in [1.54, 1.807) is 11.8 Å². The summed E-state index contributed by atoms with van der Waals surface area (Å²) >= 11 is 1.68. The monoisotopic (exact) mass is 337 g/mol. The first-order chi connectivity index (χ1) is 11.3. The molecule has 1 aliphatic heterocycles. The highest BCUT2D eigenvalue weighted by Gasteiger charge is 2.33. The largest absolute Gasteiger partial charge is 0.493 e. The number of carbonyl (C=O) groups excluding carboxylic acids is 1. The number of rotatable bonds is 10. The summed E-state index contributed by atoms with van der Waals surface area (Å²) in [4.78, 5) is 14.2. The molecule has 1 amide bonds. The van der Waals surface area contributed by atoms with E-state index in [1.165, 1.54) is 0 Å². The minimum absolute atomic E-state index is 0.0564. The minimum Gasteiger partial charge on any atom is -0.493 e. The topological polar surface area (TPSA) is 38.8 Å². The van der Waals surface area contributed by atoms with Crippen molar-refractivity contribution in [2.75, 3.05) is 32.1 Å². The molecule has 5 heteroatoms. The molecule has 0 aliphatic carbocycles. The number of amides is 1. The van der Waals surface area contributed by atoms with Gasteiger partial charge in [0.15, 0.2) is 0 Å². The Kier molecular flexibility index (Phi) is 7.76. The summed E-state index contributed by atoms with van der Waals surface area (Å²) in [6.07, 6.45) is 3.13. The molecule has 4 nitrogen and oxygen atoms in total. The van der Waals surface area contributed by atoms with Gasteiger partial charge in [-0.15, -0.1) is 11.8 Å². The summed E-state index contributed by atoms with van der Waals surface area (Å²) < 4.78 is 11.3. The summed E-state index contributed by atoms with van der Waals surface area (Å²) in [7, 11) is 0. The molecule has 1 aromatic rings. The van der Waals surface area contributed by atoms with Crippen molar-refractivity contribution in [2.24, 2.45) is 0 Å². The molecule has 0 saturated carbocycles. The molecule has 1 unspecified atom stereocenters. The van der Waals surface area contributed by atoms with E-state index in [0.29, 0.717) is 19.0 Å². The average molecular weight is 337 g/mol. The van der Waals surface area contributed by atoms with Gasteiger partial charge in [-0.1, -0.05) is 31.5 Å². The van der Waals surface area contributed by atoms with Gasteiger partial charge in [-0.05, 0) is 25.8 Å². The first-order valence-corrected chi connectivity index (χ1v) is 9.53. The molecule has 0 aromatic heterocycles. The van der Waals surface area contributed by atoms with Crippen LogP contribution in [0, 0.1) is 0 Å². The molecule has 1 saturated heterocycles. The van der Waals surface area contributed by atoms with E-state index in [2.05, 4.69) is 13.0 Å². The standard InChI is InChI=1S/C18H27NO3S/c1-3-5-12-21-13-8-11-19-17(20)14-23-18(19)15-9-6-7-10-16(15)22-4-2/h6-7,9-10,18H,3-5,8,11-14H2,1-2H3. The van der Waals surface area contributed by atoms with Crippen molar-refractivity contribution in [1.82, 2.24) is 4.90 Å². The number of benzene rings is 1. The lowest BCUT2D eigenvalue weighted by Gasteiger charge is -2.25. The van der Waals surface area contributed by atoms with Crippen molar-refractivity contribution in [3.8, 4) is 5.75 Å². The van der Waals surface area contributed by atoms with Gasteiger partial charge >= 0.3 is 0 Å². The molecule has 0 spiro atoms. The number of unbranched alkanes of at least 4 members (excludes halogenated alkanes) is 1. The zero-order valence-electron chi connectivity index (χ0n) is 14.1. The molecular weight excluding hydrogens is 310 g/mol. The van der Waals surface area contributed by atoms with Crippen molar-refractivity contribution in [3.63, 3.8) is 0 Å². The summed E-state index contributed by atoms with van der Waals surface area (Å²) in [5, 5.41) is 0.0564. The highest BCUT2D eigenvalue weighted by Crippen LogP contribution is 2.42. The van der Waals surface area contributed by atoms with Crippen molar-refractivity contribution < 1.29 is 14.3 Å². The van der Waals surface area contributed by atoms with Crippen molar-refractivity contribution in [2.45, 2.75) is 38.5 Å². The van der Waals surface area contributed by atoms with Gasteiger partial charge < -0.3 is 14.4 Å². The Hall–Kier alpha value is -1.20. The van der Waals surface area contributed by atoms with Crippen molar-refractivity contribution >= 4 is 17.7 Å². The van der Waals surface area contributed by atoms with Gasteiger partial charge in [-0.3, -0.25) is 4.79 Å². The number of hydrogen-bond acceptors (Lipinski definition) is 4. The summed E-state index contributed by atoms with van der Waals surface area (Å²) in [5.41, 5.74) is 1.09. The maximum absolute atomic E-state index is 12.2. The molecule has 1 atom stereocenters. The van der Waals surface area contributed by atoms with E-state index in [4.69, 9.17) is 9.47 Å². The second-order valence-electron chi connectivity index (χ2n) is 5.54. The van der Waals surface area contributed by atoms with Crippen LogP contribution in [-0.2, 0) is 9.53 Å². The lowest BCUT2D eigenvalue weighted by atomic mass is 10.1. The molecule has 0 N–H and O–H groups in total. The molecule has 1 aromatic carbocycles. The third-order valence-electron chi connectivity index (χ3n) is 3.78. The highest BCUT2D eigenvalue weighted by atomic mass is 32.2. The van der Waals surface area contributed by atoms with E-state index >= 15 is 0 Å². The fourth-order valence-electron chi connectivity index (χ4n) is 2.61. The van der Waals surface area contributed by atoms with Gasteiger partial charge in [0, 0.05) is 25.3 Å². The number of carbonyl (C=O) groups is 1. The second-order valence-corrected chi connectivity index (χ2v) is 6.61. The van der Waals surface area contributed by atoms with Gasteiger partial charge in [-0.25, -0.2) is 0 Å². The predicted octanol–water partition coefficient (Wildman–Crippen LogP) is 3.87. The third-order valence-corrected chi connectivity index (χ3v) is 5.02. The lowest BCUT2D eigenvalue weighted by Crippen LogP contribution is -2.30. The quantitative estimate of drug-likeness (QED) is 0.608. The third kappa shape index (κ3) is 5.15. The number of hydrogen-bond donors (Lipinski definition) is 0. The van der Waals surface area contributed by atoms with Gasteiger partial charge in [-0.2, -0.15) is 0 Å². The van der Waals surface area contributed by atoms with Crippen LogP contribution in [0.1, 0.15) is 44.0 Å². The van der Waals surface area contributed by atoms with Crippen LogP contribution in [0.5, 0.6) is 5.75 Å². The van der Waals surface area contributed by atoms with Gasteiger partial charge in [0.05, 0.1) is 12.4 Å². The summed E-state index contributed by atoms with van der Waals surface area (Å²) in [6, 6.07) is 8.02. The Balaban J connectivity index is 1.94. The molecule has 1 fully saturated rings. The Morgan fingerprint density at radius 2 is 2.00 bits per heavy atom. The summed E-state index contributed by atoms with van der Waals surface area (Å²) in [6.45, 7) is 7.04. The van der Waals surface area contributed by atoms with Crippen molar-refractivity contribution in [3.05, 3.63) is 29.8 Å². The van der Waals surface area contributed by atoms with Crippen LogP contribution in [0.25, 0.3) is 0 Å². The van der Waals surface area contributed by atoms with Crippen LogP contribution in [-0.4, -0.2) is 42.9 Å². The maximum atomic E-state index is 12.2. The number of para-hydroxylation sites is 1. The Morgan fingerprint density at radius 1 is 1.22 bits per heavy atom. The average Bonchev–Trinajstić information content (AvgIpc) is 2.92. The molecule has 0 bridgehead atoms. The maximum Gasteiger partial charge on any atom is 0.233 e. The predicted molar refractivity (Wildman–Crippen MR) is 94.9 cm³/mol. The molecule has 2 rings (SSSR count). The number of nitrogens with zero attached hydrogens (tertiary/aromatic N) is 1. The normalized spacial score (nSPS) is 17.7. The van der Waals surface area contributed by atoms with E-state index in [-0.39, 0.29) is 11.3 Å². The lowest BCUT2D eigenvalue weighted by molar-refractivity contribution is -0.128. The smallest absolute Gasteiger partial charge is 0.233 e. The summed E-state index contributed by atoms with van der Waals surface area (Å²) in [5.74, 6) is 1.63. The molecular formula is C18H27NO3S. The van der Waals surface area contributed by atoms with E-state index < -0.39 is 0 Å². The molecule has 128 valence electrons. The van der Waals surface area contributed by atoms with Gasteiger partial charge in [0.2, 0.25) is 5.91 Å². The molecule has 23 heavy (non-hydrogen) atoms. The van der Waals surface area contributed by atoms with Crippen LogP contribution in [0.2, 0.25) is 0 Å². The Morgan fingerprint density at radius 3 is 2.78 bits per heavy atom. The van der Waals surface area contributed by atoms with Crippen LogP contribution in [0.3, 0.4) is 0 Å². The second kappa shape index (κ2) is 9.83. The van der Waals surface area contributed by atoms with Gasteiger partial charge in [0.25, 0.3) is 0 Å². The molecule has 1 aliphatic rings. The fourth-order valence-corrected chi connectivity index (χ4v) is 3.85. The minimum atomic E-state index is 0.0564. The SMILES string of the molecule is CCCCOCCCN1C(=O)CSC1c1ccccc1OCC. The first-order valence-electron chi connectivity index (χ1n) is 8.48. The number of ether oxygens (including phenoxy) is 2. The van der Waals surface area contributed by atoms with Crippen LogP contribution >= 0.6 is 11.8 Å². The van der Waals surface area contributed by atoms with Crippen molar-refractivity contribution in [1.29, 1.82) is 0 Å². The van der Waals surface area contributed by atoms with Crippen LogP contribution in [0.4, 0.5) is 0 Å². The highest BCUT2D eigenvalue weighted by molar-refractivity contribution is 8.00. The van der Waals surface area contributed by atoms with E-state index in [9.17, 15) is 4.79 Å². The van der Waals surface area contributed by atoms with E-state index in [0.717, 1.165) is 43.7 Å². The first kappa shape index (κ1) is 18.1.